The van der Waals surface area contributed by atoms with E-state index in [-0.39, 0.29) is 16.6 Å². The highest BCUT2D eigenvalue weighted by molar-refractivity contribution is 6.03. The number of benzene rings is 2. The van der Waals surface area contributed by atoms with Crippen LogP contribution >= 0.6 is 0 Å². The van der Waals surface area contributed by atoms with Crippen molar-refractivity contribution in [2.24, 2.45) is 5.10 Å². The quantitative estimate of drug-likeness (QED) is 0.709. The number of hydrazone groups is 1. The Bertz CT molecular complexity index is 1040. The number of hydrogen-bond donors (Lipinski definition) is 1. The lowest BCUT2D eigenvalue weighted by Gasteiger charge is -2.32. The molecule has 2 aromatic rings. The van der Waals surface area contributed by atoms with Crippen LogP contribution in [0.5, 0.6) is 11.5 Å². The molecule has 0 radical (unpaired) electrons. The summed E-state index contributed by atoms with van der Waals surface area (Å²) in [6, 6.07) is 11.7. The molecule has 0 aliphatic carbocycles. The molecule has 3 rings (SSSR count). The second-order valence-electron chi connectivity index (χ2n) is 7.96. The van der Waals surface area contributed by atoms with E-state index in [2.05, 4.69) is 5.10 Å². The Labute approximate surface area is 184 Å². The van der Waals surface area contributed by atoms with Crippen molar-refractivity contribution in [3.8, 4) is 11.5 Å². The largest absolute Gasteiger partial charge is 0.497 e. The van der Waals surface area contributed by atoms with Gasteiger partial charge in [0, 0.05) is 5.56 Å². The van der Waals surface area contributed by atoms with Crippen molar-refractivity contribution in [1.82, 2.24) is 5.01 Å². The summed E-state index contributed by atoms with van der Waals surface area (Å²) < 4.78 is 52.1. The fourth-order valence-corrected chi connectivity index (χ4v) is 3.44. The summed E-state index contributed by atoms with van der Waals surface area (Å²) in [7, 11) is 1.42. The van der Waals surface area contributed by atoms with E-state index in [1.807, 2.05) is 32.9 Å². The average Bonchev–Trinajstić information content (AvgIpc) is 3.11. The molecule has 1 aliphatic rings. The summed E-state index contributed by atoms with van der Waals surface area (Å²) in [5.41, 5.74) is -1.56. The third-order valence-corrected chi connectivity index (χ3v) is 5.22. The summed E-state index contributed by atoms with van der Waals surface area (Å²) in [6.45, 7) is 5.00. The number of nitrogens with zero attached hydrogens (tertiary/aromatic N) is 2. The predicted molar refractivity (Wildman–Crippen MR) is 113 cm³/mol. The Kier molecular flexibility index (Phi) is 6.50. The zero-order chi connectivity index (χ0) is 23.7. The Balaban J connectivity index is 1.89. The van der Waals surface area contributed by atoms with E-state index in [0.717, 1.165) is 11.1 Å². The molecule has 9 heteroatoms. The van der Waals surface area contributed by atoms with Gasteiger partial charge < -0.3 is 14.6 Å². The number of carbonyl (C=O) groups is 1. The van der Waals surface area contributed by atoms with Gasteiger partial charge in [-0.05, 0) is 42.2 Å². The molecule has 0 saturated heterocycles. The average molecular weight is 450 g/mol. The number of hydrogen-bond acceptors (Lipinski definition) is 5. The van der Waals surface area contributed by atoms with Gasteiger partial charge in [-0.3, -0.25) is 4.79 Å². The molecule has 0 spiro atoms. The summed E-state index contributed by atoms with van der Waals surface area (Å²) in [5, 5.41) is 14.4. The van der Waals surface area contributed by atoms with Gasteiger partial charge >= 0.3 is 6.18 Å². The highest BCUT2D eigenvalue weighted by Gasteiger charge is 2.63. The second kappa shape index (κ2) is 8.82. The van der Waals surface area contributed by atoms with Gasteiger partial charge in [-0.15, -0.1) is 0 Å². The number of carbonyl (C=O) groups excluding carboxylic acids is 1. The van der Waals surface area contributed by atoms with Gasteiger partial charge in [0.05, 0.1) is 19.2 Å². The molecule has 1 aliphatic heterocycles. The number of rotatable bonds is 6. The van der Waals surface area contributed by atoms with Crippen molar-refractivity contribution >= 4 is 11.6 Å². The first-order chi connectivity index (χ1) is 15.0. The van der Waals surface area contributed by atoms with E-state index in [0.29, 0.717) is 17.1 Å². The fraction of sp³-hybridized carbons (Fsp3) is 0.391. The van der Waals surface area contributed by atoms with Crippen molar-refractivity contribution in [2.45, 2.75) is 45.0 Å². The highest BCUT2D eigenvalue weighted by atomic mass is 19.4. The molecule has 0 saturated carbocycles. The van der Waals surface area contributed by atoms with Gasteiger partial charge in [-0.2, -0.15) is 23.3 Å². The molecule has 1 N–H and O–H groups in total. The van der Waals surface area contributed by atoms with E-state index in [4.69, 9.17) is 9.47 Å². The highest BCUT2D eigenvalue weighted by Crippen LogP contribution is 2.41. The molecule has 0 fully saturated rings. The van der Waals surface area contributed by atoms with Crippen LogP contribution in [0.1, 0.15) is 42.9 Å². The SMILES string of the molecule is COc1cccc(C2=NN(C(=O)COc3cc(C)ccc3C(C)C)[C@@](O)(C(F)(F)F)C2)c1. The molecule has 6 nitrogen and oxygen atoms in total. The first-order valence-corrected chi connectivity index (χ1v) is 10.0. The third kappa shape index (κ3) is 4.57. The van der Waals surface area contributed by atoms with Crippen LogP contribution in [0.15, 0.2) is 47.6 Å². The van der Waals surface area contributed by atoms with E-state index < -0.39 is 30.8 Å². The molecule has 32 heavy (non-hydrogen) atoms. The summed E-state index contributed by atoms with van der Waals surface area (Å²) >= 11 is 0. The Morgan fingerprint density at radius 3 is 2.59 bits per heavy atom. The minimum Gasteiger partial charge on any atom is -0.497 e. The van der Waals surface area contributed by atoms with Crippen LogP contribution < -0.4 is 9.47 Å². The van der Waals surface area contributed by atoms with Crippen LogP contribution in [0.4, 0.5) is 13.2 Å². The normalized spacial score (nSPS) is 18.7. The monoisotopic (exact) mass is 450 g/mol. The third-order valence-electron chi connectivity index (χ3n) is 5.22. The fourth-order valence-electron chi connectivity index (χ4n) is 3.44. The van der Waals surface area contributed by atoms with E-state index in [1.54, 1.807) is 18.2 Å². The van der Waals surface area contributed by atoms with Crippen molar-refractivity contribution in [2.75, 3.05) is 13.7 Å². The lowest BCUT2D eigenvalue weighted by molar-refractivity contribution is -0.302. The molecule has 0 bridgehead atoms. The summed E-state index contributed by atoms with van der Waals surface area (Å²) in [6.07, 6.45) is -6.03. The smallest absolute Gasteiger partial charge is 0.438 e. The molecule has 2 aromatic carbocycles. The zero-order valence-corrected chi connectivity index (χ0v) is 18.2. The van der Waals surface area contributed by atoms with E-state index in [9.17, 15) is 23.1 Å². The number of aliphatic hydroxyl groups is 1. The van der Waals surface area contributed by atoms with Crippen molar-refractivity contribution in [3.05, 3.63) is 59.2 Å². The summed E-state index contributed by atoms with van der Waals surface area (Å²) in [4.78, 5) is 12.8. The van der Waals surface area contributed by atoms with Crippen LogP contribution in [-0.2, 0) is 4.79 Å². The van der Waals surface area contributed by atoms with Gasteiger partial charge in [0.25, 0.3) is 11.6 Å². The van der Waals surface area contributed by atoms with Gasteiger partial charge in [0.1, 0.15) is 11.5 Å². The minimum atomic E-state index is -5.13. The van der Waals surface area contributed by atoms with Crippen molar-refractivity contribution < 1.29 is 32.5 Å². The number of amides is 1. The first kappa shape index (κ1) is 23.6. The topological polar surface area (TPSA) is 71.4 Å². The van der Waals surface area contributed by atoms with E-state index >= 15 is 0 Å². The number of halogens is 3. The Hall–Kier alpha value is -3.07. The maximum absolute atomic E-state index is 13.8. The maximum Gasteiger partial charge on any atom is 0.438 e. The van der Waals surface area contributed by atoms with Crippen LogP contribution in [0, 0.1) is 6.92 Å². The van der Waals surface area contributed by atoms with Gasteiger partial charge in [-0.25, -0.2) is 0 Å². The second-order valence-corrected chi connectivity index (χ2v) is 7.96. The molecule has 0 aromatic heterocycles. The van der Waals surface area contributed by atoms with E-state index in [1.165, 1.54) is 19.2 Å². The van der Waals surface area contributed by atoms with Crippen LogP contribution in [0.25, 0.3) is 0 Å². The molecular weight excluding hydrogens is 425 g/mol. The maximum atomic E-state index is 13.8. The van der Waals surface area contributed by atoms with Crippen molar-refractivity contribution in [1.29, 1.82) is 0 Å². The predicted octanol–water partition coefficient (Wildman–Crippen LogP) is 4.39. The Morgan fingerprint density at radius 1 is 1.25 bits per heavy atom. The first-order valence-electron chi connectivity index (χ1n) is 10.0. The van der Waals surface area contributed by atoms with Gasteiger partial charge in [0.2, 0.25) is 0 Å². The van der Waals surface area contributed by atoms with Crippen LogP contribution in [-0.4, -0.2) is 47.4 Å². The summed E-state index contributed by atoms with van der Waals surface area (Å²) in [5.74, 6) is -0.217. The Morgan fingerprint density at radius 2 is 1.97 bits per heavy atom. The van der Waals surface area contributed by atoms with Gasteiger partial charge in [0.15, 0.2) is 6.61 Å². The van der Waals surface area contributed by atoms with Gasteiger partial charge in [-0.1, -0.05) is 38.1 Å². The standard InChI is InChI=1S/C23H25F3N2O4/c1-14(2)18-9-8-15(3)10-20(18)32-13-21(29)28-22(30,23(24,25)26)12-19(27-28)16-6-5-7-17(11-16)31-4/h5-11,14,30H,12-13H2,1-4H3/t22-/m0/s1. The molecular formula is C23H25F3N2O4. The number of ether oxygens (including phenoxy) is 2. The minimum absolute atomic E-state index is 0.0760. The van der Waals surface area contributed by atoms with Crippen LogP contribution in [0.3, 0.4) is 0 Å². The molecule has 1 heterocycles. The molecule has 1 atom stereocenters. The van der Waals surface area contributed by atoms with Crippen LogP contribution in [0.2, 0.25) is 0 Å². The lowest BCUT2D eigenvalue weighted by Crippen LogP contribution is -2.57. The number of methoxy groups -OCH3 is 1. The molecule has 0 unspecified atom stereocenters. The number of alkyl halides is 3. The lowest BCUT2D eigenvalue weighted by atomic mass is 10.0. The molecule has 1 amide bonds. The molecule has 172 valence electrons. The zero-order valence-electron chi connectivity index (χ0n) is 18.2. The van der Waals surface area contributed by atoms with Crippen molar-refractivity contribution in [3.63, 3.8) is 0 Å². The number of aryl methyl sites for hydroxylation is 1.